The third-order valence-electron chi connectivity index (χ3n) is 2.21. The predicted octanol–water partition coefficient (Wildman–Crippen LogP) is -0.685. The van der Waals surface area contributed by atoms with Gasteiger partial charge in [-0.05, 0) is 17.7 Å². The van der Waals surface area contributed by atoms with Crippen molar-refractivity contribution in [3.05, 3.63) is 34.9 Å². The van der Waals surface area contributed by atoms with Gasteiger partial charge in [0.25, 0.3) is 0 Å². The molecule has 0 spiro atoms. The van der Waals surface area contributed by atoms with E-state index in [-0.39, 0.29) is 6.54 Å². The van der Waals surface area contributed by atoms with Gasteiger partial charge in [-0.3, -0.25) is 0 Å². The number of benzene rings is 1. The standard InChI is InChI=1S/C9H12ClNO4S/c10-8-3-1-7(2-4-8)9(12,5-11)6-16(13,14)15/h1-4,12H,5-6,11H2,(H,13,14,15)/t9-/m1/s1. The average Bonchev–Trinajstić information content (AvgIpc) is 2.16. The molecule has 0 amide bonds. The SMILES string of the molecule is [NH3+]C[C@@](O)(CS(=O)(=O)[O-])c1ccc(Cl)cc1. The lowest BCUT2D eigenvalue weighted by atomic mass is 9.96. The molecule has 16 heavy (non-hydrogen) atoms. The monoisotopic (exact) mass is 265 g/mol. The van der Waals surface area contributed by atoms with Crippen molar-refractivity contribution in [2.45, 2.75) is 5.60 Å². The number of rotatable bonds is 4. The first-order chi connectivity index (χ1) is 7.27. The number of aliphatic hydroxyl groups is 1. The molecule has 0 bridgehead atoms. The summed E-state index contributed by atoms with van der Waals surface area (Å²) in [5.41, 5.74) is 2.01. The van der Waals surface area contributed by atoms with E-state index in [1.807, 2.05) is 0 Å². The van der Waals surface area contributed by atoms with Gasteiger partial charge < -0.3 is 15.4 Å². The molecule has 90 valence electrons. The Bertz CT molecular complexity index is 459. The summed E-state index contributed by atoms with van der Waals surface area (Å²) >= 11 is 5.66. The fourth-order valence-corrected chi connectivity index (χ4v) is 2.37. The second-order valence-electron chi connectivity index (χ2n) is 3.49. The largest absolute Gasteiger partial charge is 0.748 e. The van der Waals surface area contributed by atoms with Crippen LogP contribution in [0.3, 0.4) is 0 Å². The molecule has 1 aromatic carbocycles. The summed E-state index contributed by atoms with van der Waals surface area (Å²) in [5, 5.41) is 10.5. The quantitative estimate of drug-likeness (QED) is 0.703. The van der Waals surface area contributed by atoms with Gasteiger partial charge in [0.15, 0.2) is 5.60 Å². The van der Waals surface area contributed by atoms with Crippen molar-refractivity contribution in [1.82, 2.24) is 0 Å². The van der Waals surface area contributed by atoms with Crippen LogP contribution in [-0.2, 0) is 15.7 Å². The Kier molecular flexibility index (Phi) is 3.92. The molecule has 0 saturated heterocycles. The molecule has 0 saturated carbocycles. The molecule has 0 aliphatic heterocycles. The minimum atomic E-state index is -4.53. The van der Waals surface area contributed by atoms with Crippen LogP contribution in [0.5, 0.6) is 0 Å². The number of hydrogen-bond donors (Lipinski definition) is 2. The van der Waals surface area contributed by atoms with Gasteiger partial charge >= 0.3 is 0 Å². The Morgan fingerprint density at radius 3 is 2.25 bits per heavy atom. The van der Waals surface area contributed by atoms with Crippen LogP contribution in [0.15, 0.2) is 24.3 Å². The summed E-state index contributed by atoms with van der Waals surface area (Å²) in [6, 6.07) is 5.96. The van der Waals surface area contributed by atoms with Gasteiger partial charge in [0.2, 0.25) is 0 Å². The zero-order chi connectivity index (χ0) is 12.4. The lowest BCUT2D eigenvalue weighted by molar-refractivity contribution is -0.399. The van der Waals surface area contributed by atoms with Crippen LogP contribution < -0.4 is 5.73 Å². The molecule has 1 atom stereocenters. The molecule has 0 radical (unpaired) electrons. The number of hydrogen-bond acceptors (Lipinski definition) is 4. The lowest BCUT2D eigenvalue weighted by Gasteiger charge is -2.26. The van der Waals surface area contributed by atoms with Gasteiger partial charge in [0.05, 0.1) is 15.9 Å². The third kappa shape index (κ3) is 3.43. The fraction of sp³-hybridized carbons (Fsp3) is 0.333. The third-order valence-corrected chi connectivity index (χ3v) is 3.29. The molecule has 5 nitrogen and oxygen atoms in total. The van der Waals surface area contributed by atoms with Crippen LogP contribution in [-0.4, -0.2) is 30.4 Å². The van der Waals surface area contributed by atoms with Crippen molar-refractivity contribution < 1.29 is 23.8 Å². The van der Waals surface area contributed by atoms with Gasteiger partial charge in [-0.2, -0.15) is 0 Å². The highest BCUT2D eigenvalue weighted by molar-refractivity contribution is 7.85. The van der Waals surface area contributed by atoms with Crippen LogP contribution >= 0.6 is 11.6 Å². The minimum Gasteiger partial charge on any atom is -0.748 e. The molecular weight excluding hydrogens is 254 g/mol. The molecule has 1 aromatic rings. The summed E-state index contributed by atoms with van der Waals surface area (Å²) < 4.78 is 32.0. The van der Waals surface area contributed by atoms with Crippen molar-refractivity contribution in [2.75, 3.05) is 12.3 Å². The van der Waals surface area contributed by atoms with E-state index in [0.717, 1.165) is 0 Å². The molecule has 0 unspecified atom stereocenters. The van der Waals surface area contributed by atoms with E-state index in [0.29, 0.717) is 10.6 Å². The zero-order valence-corrected chi connectivity index (χ0v) is 9.96. The van der Waals surface area contributed by atoms with Crippen molar-refractivity contribution in [1.29, 1.82) is 0 Å². The van der Waals surface area contributed by atoms with Gasteiger partial charge in [0.1, 0.15) is 6.54 Å². The summed E-state index contributed by atoms with van der Waals surface area (Å²) in [5.74, 6) is -0.898. The van der Waals surface area contributed by atoms with E-state index in [4.69, 9.17) is 11.6 Å². The Morgan fingerprint density at radius 1 is 1.38 bits per heavy atom. The van der Waals surface area contributed by atoms with E-state index in [2.05, 4.69) is 5.73 Å². The van der Waals surface area contributed by atoms with E-state index in [1.54, 1.807) is 0 Å². The van der Waals surface area contributed by atoms with Crippen molar-refractivity contribution >= 4 is 21.7 Å². The highest BCUT2D eigenvalue weighted by Gasteiger charge is 2.32. The molecule has 0 aromatic heterocycles. The Labute approximate surface area is 98.6 Å². The second kappa shape index (κ2) is 4.68. The molecule has 0 aliphatic carbocycles. The van der Waals surface area contributed by atoms with E-state index < -0.39 is 21.5 Å². The predicted molar refractivity (Wildman–Crippen MR) is 57.7 cm³/mol. The summed E-state index contributed by atoms with van der Waals surface area (Å²) in [4.78, 5) is 0. The van der Waals surface area contributed by atoms with Gasteiger partial charge in [-0.15, -0.1) is 0 Å². The molecule has 0 aliphatic rings. The number of halogens is 1. The second-order valence-corrected chi connectivity index (χ2v) is 5.33. The van der Waals surface area contributed by atoms with Crippen molar-refractivity contribution in [3.8, 4) is 0 Å². The van der Waals surface area contributed by atoms with Crippen LogP contribution in [0, 0.1) is 0 Å². The first kappa shape index (κ1) is 13.4. The molecule has 0 heterocycles. The molecule has 0 fully saturated rings. The first-order valence-corrected chi connectivity index (χ1v) is 6.44. The lowest BCUT2D eigenvalue weighted by Crippen LogP contribution is -2.62. The molecule has 4 N–H and O–H groups in total. The van der Waals surface area contributed by atoms with Crippen LogP contribution in [0.1, 0.15) is 5.56 Å². The Balaban J connectivity index is 3.09. The van der Waals surface area contributed by atoms with E-state index in [1.165, 1.54) is 24.3 Å². The average molecular weight is 266 g/mol. The van der Waals surface area contributed by atoms with Crippen molar-refractivity contribution in [2.24, 2.45) is 0 Å². The van der Waals surface area contributed by atoms with Gasteiger partial charge in [-0.1, -0.05) is 23.7 Å². The van der Waals surface area contributed by atoms with Crippen LogP contribution in [0.25, 0.3) is 0 Å². The summed E-state index contributed by atoms with van der Waals surface area (Å²) in [7, 11) is -4.53. The Hall–Kier alpha value is -0.660. The minimum absolute atomic E-state index is 0.115. The Morgan fingerprint density at radius 2 is 1.88 bits per heavy atom. The van der Waals surface area contributed by atoms with Crippen LogP contribution in [0.4, 0.5) is 0 Å². The molecule has 1 rings (SSSR count). The normalized spacial score (nSPS) is 15.8. The maximum absolute atomic E-state index is 10.7. The zero-order valence-electron chi connectivity index (χ0n) is 8.39. The molecule has 7 heteroatoms. The van der Waals surface area contributed by atoms with E-state index >= 15 is 0 Å². The number of quaternary nitrogens is 1. The summed E-state index contributed by atoms with van der Waals surface area (Å²) in [6.07, 6.45) is 0. The molecular formula is C9H12ClNO4S. The smallest absolute Gasteiger partial charge is 0.151 e. The first-order valence-electron chi connectivity index (χ1n) is 4.48. The fourth-order valence-electron chi connectivity index (χ4n) is 1.35. The maximum atomic E-state index is 10.7. The maximum Gasteiger partial charge on any atom is 0.151 e. The van der Waals surface area contributed by atoms with Gasteiger partial charge in [0, 0.05) is 5.02 Å². The topological polar surface area (TPSA) is 105 Å². The van der Waals surface area contributed by atoms with E-state index in [9.17, 15) is 18.1 Å². The highest BCUT2D eigenvalue weighted by Crippen LogP contribution is 2.23. The van der Waals surface area contributed by atoms with Crippen LogP contribution in [0.2, 0.25) is 5.02 Å². The highest BCUT2D eigenvalue weighted by atomic mass is 35.5. The summed E-state index contributed by atoms with van der Waals surface area (Å²) in [6.45, 7) is -0.115. The van der Waals surface area contributed by atoms with Crippen molar-refractivity contribution in [3.63, 3.8) is 0 Å². The van der Waals surface area contributed by atoms with Gasteiger partial charge in [-0.25, -0.2) is 8.42 Å².